The summed E-state index contributed by atoms with van der Waals surface area (Å²) in [6.45, 7) is 1.82. The summed E-state index contributed by atoms with van der Waals surface area (Å²) in [5.41, 5.74) is 7.81. The molecule has 3 N–H and O–H groups in total. The van der Waals surface area contributed by atoms with E-state index in [1.807, 2.05) is 19.1 Å². The van der Waals surface area contributed by atoms with Crippen molar-refractivity contribution in [3.63, 3.8) is 0 Å². The van der Waals surface area contributed by atoms with Gasteiger partial charge in [0.05, 0.1) is 11.4 Å². The third-order valence-corrected chi connectivity index (χ3v) is 1.93. The molecular formula is C10H11N3O. The lowest BCUT2D eigenvalue weighted by atomic mass is 10.3. The molecule has 14 heavy (non-hydrogen) atoms. The molecule has 72 valence electrons. The number of benzene rings is 1. The fourth-order valence-corrected chi connectivity index (χ4v) is 1.33. The second-order valence-electron chi connectivity index (χ2n) is 3.15. The Morgan fingerprint density at radius 3 is 2.71 bits per heavy atom. The molecule has 0 aliphatic rings. The number of aryl methyl sites for hydroxylation is 1. The molecule has 0 saturated carbocycles. The first-order valence-electron chi connectivity index (χ1n) is 4.28. The Morgan fingerprint density at radius 2 is 2.14 bits per heavy atom. The van der Waals surface area contributed by atoms with E-state index in [2.05, 4.69) is 5.10 Å². The minimum atomic E-state index is 0.119. The molecule has 1 aromatic heterocycles. The smallest absolute Gasteiger partial charge is 0.214 e. The minimum Gasteiger partial charge on any atom is -0.493 e. The Morgan fingerprint density at radius 1 is 1.36 bits per heavy atom. The highest BCUT2D eigenvalue weighted by molar-refractivity contribution is 5.48. The number of nitrogens with two attached hydrogens (primary N) is 1. The van der Waals surface area contributed by atoms with Gasteiger partial charge in [-0.05, 0) is 25.1 Å². The van der Waals surface area contributed by atoms with Crippen molar-refractivity contribution in [2.24, 2.45) is 0 Å². The minimum absolute atomic E-state index is 0.119. The molecule has 0 aliphatic carbocycles. The van der Waals surface area contributed by atoms with E-state index in [9.17, 15) is 5.11 Å². The molecule has 4 nitrogen and oxygen atoms in total. The summed E-state index contributed by atoms with van der Waals surface area (Å²) in [6.07, 6.45) is 0. The standard InChI is InChI=1S/C10H11N3O/c1-7-5-10(14)13(12-7)9-4-2-3-8(11)6-9/h2-6,14H,11H2,1H3. The number of nitrogens with zero attached hydrogens (tertiary/aromatic N) is 2. The van der Waals surface area contributed by atoms with Crippen molar-refractivity contribution in [1.82, 2.24) is 9.78 Å². The van der Waals surface area contributed by atoms with Crippen LogP contribution in [-0.2, 0) is 0 Å². The first kappa shape index (κ1) is 8.62. The molecule has 0 bridgehead atoms. The van der Waals surface area contributed by atoms with E-state index in [4.69, 9.17) is 5.73 Å². The Labute approximate surface area is 81.6 Å². The van der Waals surface area contributed by atoms with Crippen molar-refractivity contribution >= 4 is 5.69 Å². The van der Waals surface area contributed by atoms with Crippen LogP contribution in [0, 0.1) is 6.92 Å². The summed E-state index contributed by atoms with van der Waals surface area (Å²) in [7, 11) is 0. The zero-order chi connectivity index (χ0) is 10.1. The van der Waals surface area contributed by atoms with Crippen LogP contribution in [0.2, 0.25) is 0 Å². The van der Waals surface area contributed by atoms with Gasteiger partial charge in [0, 0.05) is 11.8 Å². The average molecular weight is 189 g/mol. The van der Waals surface area contributed by atoms with Crippen LogP contribution in [0.4, 0.5) is 5.69 Å². The summed E-state index contributed by atoms with van der Waals surface area (Å²) in [5, 5.41) is 13.7. The van der Waals surface area contributed by atoms with E-state index < -0.39 is 0 Å². The molecule has 1 aromatic carbocycles. The van der Waals surface area contributed by atoms with Crippen molar-refractivity contribution in [3.05, 3.63) is 36.0 Å². The molecule has 4 heteroatoms. The van der Waals surface area contributed by atoms with Crippen LogP contribution in [0.5, 0.6) is 5.88 Å². The van der Waals surface area contributed by atoms with Gasteiger partial charge in [0.1, 0.15) is 0 Å². The van der Waals surface area contributed by atoms with Crippen LogP contribution in [-0.4, -0.2) is 14.9 Å². The maximum absolute atomic E-state index is 9.54. The highest BCUT2D eigenvalue weighted by atomic mass is 16.3. The molecule has 0 atom stereocenters. The Hall–Kier alpha value is -1.97. The van der Waals surface area contributed by atoms with Crippen molar-refractivity contribution in [3.8, 4) is 11.6 Å². The van der Waals surface area contributed by atoms with E-state index >= 15 is 0 Å². The number of nitrogen functional groups attached to an aromatic ring is 1. The molecule has 0 unspecified atom stereocenters. The monoisotopic (exact) mass is 189 g/mol. The molecule has 2 aromatic rings. The quantitative estimate of drug-likeness (QED) is 0.667. The van der Waals surface area contributed by atoms with Crippen LogP contribution in [0.15, 0.2) is 30.3 Å². The highest BCUT2D eigenvalue weighted by Gasteiger charge is 2.05. The van der Waals surface area contributed by atoms with Gasteiger partial charge in [-0.15, -0.1) is 0 Å². The molecule has 0 aliphatic heterocycles. The zero-order valence-corrected chi connectivity index (χ0v) is 7.81. The van der Waals surface area contributed by atoms with Gasteiger partial charge in [0.25, 0.3) is 0 Å². The third-order valence-electron chi connectivity index (χ3n) is 1.93. The lowest BCUT2D eigenvalue weighted by Crippen LogP contribution is -1.97. The molecule has 0 saturated heterocycles. The number of anilines is 1. The summed E-state index contributed by atoms with van der Waals surface area (Å²) in [4.78, 5) is 0. The molecule has 0 spiro atoms. The molecule has 0 fully saturated rings. The predicted octanol–water partition coefficient (Wildman–Crippen LogP) is 1.47. The summed E-state index contributed by atoms with van der Waals surface area (Å²) in [6, 6.07) is 8.80. The first-order valence-corrected chi connectivity index (χ1v) is 4.28. The van der Waals surface area contributed by atoms with Gasteiger partial charge in [0.2, 0.25) is 5.88 Å². The van der Waals surface area contributed by atoms with Gasteiger partial charge in [-0.25, -0.2) is 4.68 Å². The average Bonchev–Trinajstić information content (AvgIpc) is 2.45. The predicted molar refractivity (Wildman–Crippen MR) is 54.4 cm³/mol. The molecule has 0 radical (unpaired) electrons. The van der Waals surface area contributed by atoms with E-state index in [1.54, 1.807) is 18.2 Å². The second kappa shape index (κ2) is 3.06. The van der Waals surface area contributed by atoms with Crippen LogP contribution < -0.4 is 5.73 Å². The van der Waals surface area contributed by atoms with E-state index in [0.29, 0.717) is 5.69 Å². The maximum Gasteiger partial charge on any atom is 0.214 e. The summed E-state index contributed by atoms with van der Waals surface area (Å²) < 4.78 is 1.45. The Bertz CT molecular complexity index is 462. The Balaban J connectivity index is 2.54. The SMILES string of the molecule is Cc1cc(O)n(-c2cccc(N)c2)n1. The van der Waals surface area contributed by atoms with E-state index in [0.717, 1.165) is 11.4 Å². The molecule has 2 rings (SSSR count). The summed E-state index contributed by atoms with van der Waals surface area (Å²) in [5.74, 6) is 0.119. The van der Waals surface area contributed by atoms with Gasteiger partial charge >= 0.3 is 0 Å². The van der Waals surface area contributed by atoms with Gasteiger partial charge in [-0.1, -0.05) is 6.07 Å². The van der Waals surface area contributed by atoms with Crippen LogP contribution >= 0.6 is 0 Å². The van der Waals surface area contributed by atoms with E-state index in [-0.39, 0.29) is 5.88 Å². The second-order valence-corrected chi connectivity index (χ2v) is 3.15. The van der Waals surface area contributed by atoms with Crippen molar-refractivity contribution in [2.45, 2.75) is 6.92 Å². The number of aromatic nitrogens is 2. The fourth-order valence-electron chi connectivity index (χ4n) is 1.33. The van der Waals surface area contributed by atoms with Crippen LogP contribution in [0.3, 0.4) is 0 Å². The van der Waals surface area contributed by atoms with Gasteiger partial charge in [-0.2, -0.15) is 5.10 Å². The summed E-state index contributed by atoms with van der Waals surface area (Å²) >= 11 is 0. The Kier molecular flexibility index (Phi) is 1.89. The van der Waals surface area contributed by atoms with Gasteiger partial charge < -0.3 is 10.8 Å². The topological polar surface area (TPSA) is 64.1 Å². The van der Waals surface area contributed by atoms with Crippen molar-refractivity contribution in [2.75, 3.05) is 5.73 Å². The fraction of sp³-hybridized carbons (Fsp3) is 0.100. The van der Waals surface area contributed by atoms with Gasteiger partial charge in [0.15, 0.2) is 0 Å². The largest absolute Gasteiger partial charge is 0.493 e. The number of rotatable bonds is 1. The maximum atomic E-state index is 9.54. The van der Waals surface area contributed by atoms with Crippen molar-refractivity contribution < 1.29 is 5.11 Å². The van der Waals surface area contributed by atoms with Crippen molar-refractivity contribution in [1.29, 1.82) is 0 Å². The lowest BCUT2D eigenvalue weighted by molar-refractivity contribution is 0.433. The lowest BCUT2D eigenvalue weighted by Gasteiger charge is -2.03. The third kappa shape index (κ3) is 1.42. The van der Waals surface area contributed by atoms with E-state index in [1.165, 1.54) is 4.68 Å². The number of hydrogen-bond donors (Lipinski definition) is 2. The first-order chi connectivity index (χ1) is 6.66. The molecule has 0 amide bonds. The number of hydrogen-bond acceptors (Lipinski definition) is 3. The number of aromatic hydroxyl groups is 1. The van der Waals surface area contributed by atoms with Crippen LogP contribution in [0.1, 0.15) is 5.69 Å². The molecule has 1 heterocycles. The zero-order valence-electron chi connectivity index (χ0n) is 7.81. The molecular weight excluding hydrogens is 178 g/mol. The van der Waals surface area contributed by atoms with Gasteiger partial charge in [-0.3, -0.25) is 0 Å². The van der Waals surface area contributed by atoms with Crippen LogP contribution in [0.25, 0.3) is 5.69 Å². The highest BCUT2D eigenvalue weighted by Crippen LogP contribution is 2.18. The normalized spacial score (nSPS) is 10.4.